The van der Waals surface area contributed by atoms with Crippen LogP contribution in [0, 0.1) is 5.92 Å². The summed E-state index contributed by atoms with van der Waals surface area (Å²) in [5.74, 6) is -6.49. The molecule has 0 saturated heterocycles. The lowest BCUT2D eigenvalue weighted by Crippen LogP contribution is -2.60. The summed E-state index contributed by atoms with van der Waals surface area (Å²) in [5, 5.41) is 34.8. The number of hydrogen-bond donors (Lipinski definition) is 8. The van der Waals surface area contributed by atoms with Gasteiger partial charge in [-0.1, -0.05) is 13.8 Å². The van der Waals surface area contributed by atoms with Gasteiger partial charge >= 0.3 is 11.9 Å². The van der Waals surface area contributed by atoms with Crippen LogP contribution in [0.15, 0.2) is 0 Å². The van der Waals surface area contributed by atoms with Crippen molar-refractivity contribution >= 4 is 35.6 Å². The summed E-state index contributed by atoms with van der Waals surface area (Å²) in [6, 6.07) is -5.75. The summed E-state index contributed by atoms with van der Waals surface area (Å²) in [5.41, 5.74) is 10.5. The Labute approximate surface area is 190 Å². The fourth-order valence-corrected chi connectivity index (χ4v) is 2.74. The molecule has 4 amide bonds. The lowest BCUT2D eigenvalue weighted by atomic mass is 10.0. The third kappa shape index (κ3) is 11.8. The number of carbonyl (C=O) groups excluding carboxylic acids is 4. The number of nitrogens with two attached hydrogens (primary N) is 2. The number of primary amides is 1. The van der Waals surface area contributed by atoms with Crippen molar-refractivity contribution in [3.05, 3.63) is 0 Å². The van der Waals surface area contributed by atoms with Gasteiger partial charge in [-0.15, -0.1) is 0 Å². The Morgan fingerprint density at radius 1 is 0.848 bits per heavy atom. The maximum atomic E-state index is 12.7. The minimum Gasteiger partial charge on any atom is -0.481 e. The maximum absolute atomic E-state index is 12.7. The van der Waals surface area contributed by atoms with E-state index in [4.69, 9.17) is 16.6 Å². The van der Waals surface area contributed by atoms with Crippen molar-refractivity contribution < 1.29 is 44.1 Å². The van der Waals surface area contributed by atoms with Crippen LogP contribution in [0.3, 0.4) is 0 Å². The van der Waals surface area contributed by atoms with Crippen molar-refractivity contribution in [2.45, 2.75) is 76.7 Å². The Bertz CT molecular complexity index is 741. The van der Waals surface area contributed by atoms with Gasteiger partial charge in [-0.05, 0) is 25.7 Å². The van der Waals surface area contributed by atoms with Crippen molar-refractivity contribution in [3.8, 4) is 0 Å². The number of rotatable bonds is 15. The Hall–Kier alpha value is -3.26. The summed E-state index contributed by atoms with van der Waals surface area (Å²) in [6.07, 6.45) is -2.82. The molecule has 33 heavy (non-hydrogen) atoms. The molecular weight excluding hydrogens is 442 g/mol. The van der Waals surface area contributed by atoms with Crippen molar-refractivity contribution in [3.63, 3.8) is 0 Å². The van der Waals surface area contributed by atoms with E-state index in [9.17, 15) is 39.0 Å². The fraction of sp³-hybridized carbons (Fsp3) is 0.684. The molecule has 14 heteroatoms. The van der Waals surface area contributed by atoms with E-state index < -0.39 is 78.7 Å². The second-order valence-electron chi connectivity index (χ2n) is 8.03. The standard InChI is InChI=1S/C19H33N5O9/c1-8(2)6-12(19(32)33)23-17(30)11(4-5-14(27)28)22-18(31)15(9(3)25)24-16(29)10(20)7-13(21)26/h8-12,15,25H,4-7,20H2,1-3H3,(H2,21,26)(H,22,31)(H,23,30)(H,24,29)(H,27,28)(H,32,33). The largest absolute Gasteiger partial charge is 0.481 e. The molecule has 0 aromatic rings. The highest BCUT2D eigenvalue weighted by Gasteiger charge is 2.33. The average Bonchev–Trinajstić information content (AvgIpc) is 2.66. The predicted octanol–water partition coefficient (Wildman–Crippen LogP) is -2.98. The van der Waals surface area contributed by atoms with Crippen LogP contribution in [0.1, 0.15) is 46.5 Å². The van der Waals surface area contributed by atoms with E-state index in [1.165, 1.54) is 6.92 Å². The molecule has 0 saturated carbocycles. The van der Waals surface area contributed by atoms with Crippen LogP contribution in [0.4, 0.5) is 0 Å². The van der Waals surface area contributed by atoms with Gasteiger partial charge in [0, 0.05) is 6.42 Å². The molecule has 0 aliphatic carbocycles. The van der Waals surface area contributed by atoms with Crippen molar-refractivity contribution in [1.82, 2.24) is 16.0 Å². The average molecular weight is 475 g/mol. The number of aliphatic hydroxyl groups excluding tert-OH is 1. The number of amides is 4. The molecule has 5 atom stereocenters. The first-order valence-electron chi connectivity index (χ1n) is 10.2. The first-order chi connectivity index (χ1) is 15.1. The molecule has 0 spiro atoms. The summed E-state index contributed by atoms with van der Waals surface area (Å²) in [4.78, 5) is 70.7. The summed E-state index contributed by atoms with van der Waals surface area (Å²) in [7, 11) is 0. The van der Waals surface area contributed by atoms with E-state index in [0.29, 0.717) is 0 Å². The zero-order valence-electron chi connectivity index (χ0n) is 18.7. The van der Waals surface area contributed by atoms with Gasteiger partial charge in [-0.25, -0.2) is 4.79 Å². The van der Waals surface area contributed by atoms with E-state index in [2.05, 4.69) is 16.0 Å². The molecule has 0 radical (unpaired) electrons. The highest BCUT2D eigenvalue weighted by molar-refractivity contribution is 5.95. The number of carboxylic acid groups (broad SMARTS) is 2. The topological polar surface area (TPSA) is 251 Å². The van der Waals surface area contributed by atoms with Gasteiger partial charge < -0.3 is 42.7 Å². The van der Waals surface area contributed by atoms with Gasteiger partial charge in [0.1, 0.15) is 18.1 Å². The number of aliphatic hydroxyl groups is 1. The van der Waals surface area contributed by atoms with Crippen LogP contribution in [0.2, 0.25) is 0 Å². The number of aliphatic carboxylic acids is 2. The van der Waals surface area contributed by atoms with Gasteiger partial charge in [0.05, 0.1) is 18.6 Å². The van der Waals surface area contributed by atoms with Crippen LogP contribution in [-0.4, -0.2) is 81.2 Å². The smallest absolute Gasteiger partial charge is 0.326 e. The molecule has 5 unspecified atom stereocenters. The van der Waals surface area contributed by atoms with E-state index in [1.54, 1.807) is 13.8 Å². The van der Waals surface area contributed by atoms with E-state index >= 15 is 0 Å². The lowest BCUT2D eigenvalue weighted by Gasteiger charge is -2.26. The van der Waals surface area contributed by atoms with Gasteiger partial charge in [0.2, 0.25) is 23.6 Å². The lowest BCUT2D eigenvalue weighted by molar-refractivity contribution is -0.143. The van der Waals surface area contributed by atoms with Crippen LogP contribution in [0.25, 0.3) is 0 Å². The molecule has 0 heterocycles. The zero-order chi connectivity index (χ0) is 25.9. The van der Waals surface area contributed by atoms with Gasteiger partial charge in [0.15, 0.2) is 0 Å². The van der Waals surface area contributed by atoms with Crippen LogP contribution in [-0.2, 0) is 28.8 Å². The molecule has 188 valence electrons. The predicted molar refractivity (Wildman–Crippen MR) is 113 cm³/mol. The fourth-order valence-electron chi connectivity index (χ4n) is 2.74. The molecule has 0 rings (SSSR count). The molecule has 0 aromatic carbocycles. The first kappa shape index (κ1) is 29.7. The van der Waals surface area contributed by atoms with Crippen molar-refractivity contribution in [2.24, 2.45) is 17.4 Å². The van der Waals surface area contributed by atoms with E-state index in [1.807, 2.05) is 0 Å². The quantitative estimate of drug-likeness (QED) is 0.119. The van der Waals surface area contributed by atoms with Gasteiger partial charge in [0.25, 0.3) is 0 Å². The van der Waals surface area contributed by atoms with E-state index in [-0.39, 0.29) is 18.8 Å². The minimum absolute atomic E-state index is 0.0853. The molecule has 14 nitrogen and oxygen atoms in total. The van der Waals surface area contributed by atoms with Crippen molar-refractivity contribution in [2.75, 3.05) is 0 Å². The molecule has 0 fully saturated rings. The summed E-state index contributed by atoms with van der Waals surface area (Å²) >= 11 is 0. The molecule has 10 N–H and O–H groups in total. The molecule has 0 bridgehead atoms. The third-order valence-electron chi connectivity index (χ3n) is 4.42. The Morgan fingerprint density at radius 2 is 1.39 bits per heavy atom. The molecular formula is C19H33N5O9. The van der Waals surface area contributed by atoms with Crippen LogP contribution in [0.5, 0.6) is 0 Å². The molecule has 0 aromatic heterocycles. The number of nitrogens with one attached hydrogen (secondary N) is 3. The van der Waals surface area contributed by atoms with Gasteiger partial charge in [-0.3, -0.25) is 24.0 Å². The molecule has 0 aliphatic rings. The van der Waals surface area contributed by atoms with Crippen LogP contribution < -0.4 is 27.4 Å². The summed E-state index contributed by atoms with van der Waals surface area (Å²) in [6.45, 7) is 4.65. The minimum atomic E-state index is -1.61. The SMILES string of the molecule is CC(C)CC(NC(=O)C(CCC(=O)O)NC(=O)C(NC(=O)C(N)CC(N)=O)C(C)O)C(=O)O. The normalized spacial score (nSPS) is 15.5. The Balaban J connectivity index is 5.52. The van der Waals surface area contributed by atoms with Crippen molar-refractivity contribution in [1.29, 1.82) is 0 Å². The highest BCUT2D eigenvalue weighted by Crippen LogP contribution is 2.07. The zero-order valence-corrected chi connectivity index (χ0v) is 18.7. The monoisotopic (exact) mass is 475 g/mol. The first-order valence-corrected chi connectivity index (χ1v) is 10.2. The van der Waals surface area contributed by atoms with Crippen LogP contribution >= 0.6 is 0 Å². The maximum Gasteiger partial charge on any atom is 0.326 e. The third-order valence-corrected chi connectivity index (χ3v) is 4.42. The Kier molecular flexibility index (Phi) is 12.6. The number of carbonyl (C=O) groups is 6. The second-order valence-corrected chi connectivity index (χ2v) is 8.03. The highest BCUT2D eigenvalue weighted by atomic mass is 16.4. The second kappa shape index (κ2) is 14.0. The summed E-state index contributed by atoms with van der Waals surface area (Å²) < 4.78 is 0. The molecule has 0 aliphatic heterocycles. The van der Waals surface area contributed by atoms with Gasteiger partial charge in [-0.2, -0.15) is 0 Å². The number of carboxylic acids is 2. The van der Waals surface area contributed by atoms with E-state index in [0.717, 1.165) is 0 Å². The number of hydrogen-bond acceptors (Lipinski definition) is 8. The Morgan fingerprint density at radius 3 is 1.82 bits per heavy atom.